The number of halogens is 2. The van der Waals surface area contributed by atoms with Crippen LogP contribution in [0, 0.1) is 6.45 Å². The molecule has 0 unspecified atom stereocenters. The molecule has 0 amide bonds. The minimum absolute atomic E-state index is 1.07. The number of hydrogen-bond acceptors (Lipinski definition) is 2. The van der Waals surface area contributed by atoms with E-state index >= 15 is 0 Å². The van der Waals surface area contributed by atoms with Crippen molar-refractivity contribution < 1.29 is 0 Å². The maximum absolute atomic E-state index is 4.41. The molecule has 0 saturated heterocycles. The highest BCUT2D eigenvalue weighted by Crippen LogP contribution is 2.34. The largest absolute Gasteiger partial charge is 0.143 e. The number of thiophene rings is 1. The molecule has 1 aromatic carbocycles. The van der Waals surface area contributed by atoms with Crippen molar-refractivity contribution in [2.75, 3.05) is 0 Å². The first-order valence-electron chi connectivity index (χ1n) is 3.25. The summed E-state index contributed by atoms with van der Waals surface area (Å²) >= 11 is 10.9. The van der Waals surface area contributed by atoms with E-state index in [0.717, 1.165) is 4.90 Å². The van der Waals surface area contributed by atoms with Gasteiger partial charge >= 0.3 is 0 Å². The third-order valence-corrected chi connectivity index (χ3v) is 5.17. The van der Waals surface area contributed by atoms with Crippen molar-refractivity contribution >= 4 is 79.2 Å². The first-order valence-corrected chi connectivity index (χ1v) is 6.67. The molecule has 1 aromatic heterocycles. The molecule has 2 rings (SSSR count). The summed E-state index contributed by atoms with van der Waals surface area (Å²) in [6, 6.07) is 6.35. The average molecular weight is 418 g/mol. The fourth-order valence-corrected chi connectivity index (χ4v) is 3.96. The van der Waals surface area contributed by atoms with E-state index in [2.05, 4.69) is 76.0 Å². The van der Waals surface area contributed by atoms with E-state index in [-0.39, 0.29) is 0 Å². The third kappa shape index (κ3) is 1.62. The van der Waals surface area contributed by atoms with Gasteiger partial charge in [0.1, 0.15) is 0 Å². The molecule has 0 saturated carbocycles. The normalized spacial score (nSPS) is 10.9. The Balaban J connectivity index is 2.93. The van der Waals surface area contributed by atoms with Crippen LogP contribution in [0.1, 0.15) is 0 Å². The van der Waals surface area contributed by atoms with Gasteiger partial charge in [-0.1, -0.05) is 0 Å². The first kappa shape index (κ1) is 9.54. The molecule has 0 bridgehead atoms. The van der Waals surface area contributed by atoms with Crippen LogP contribution in [0.2, 0.25) is 0 Å². The number of thiol groups is 1. The number of fused-ring (bicyclic) bond motifs is 1. The van der Waals surface area contributed by atoms with Crippen LogP contribution in [0.5, 0.6) is 0 Å². The molecular formula is C8H4I2S2. The monoisotopic (exact) mass is 418 g/mol. The smallest absolute Gasteiger partial charge is 0.0666 e. The molecule has 0 aliphatic heterocycles. The average Bonchev–Trinajstić information content (AvgIpc) is 2.41. The summed E-state index contributed by atoms with van der Waals surface area (Å²) in [6.45, 7) is 0. The van der Waals surface area contributed by atoms with Crippen LogP contribution in [0.3, 0.4) is 0 Å². The highest BCUT2D eigenvalue weighted by molar-refractivity contribution is 14.1. The molecule has 0 nitrogen and oxygen atoms in total. The lowest BCUT2D eigenvalue weighted by molar-refractivity contribution is 1.57. The van der Waals surface area contributed by atoms with Crippen molar-refractivity contribution in [1.29, 1.82) is 0 Å². The summed E-state index contributed by atoms with van der Waals surface area (Å²) in [5.41, 5.74) is 0. The van der Waals surface area contributed by atoms with E-state index in [1.807, 2.05) is 11.3 Å². The van der Waals surface area contributed by atoms with E-state index in [4.69, 9.17) is 0 Å². The Hall–Kier alpha value is 0.990. The Morgan fingerprint density at radius 1 is 1.25 bits per heavy atom. The van der Waals surface area contributed by atoms with Crippen LogP contribution >= 0.6 is 69.1 Å². The van der Waals surface area contributed by atoms with E-state index in [0.29, 0.717) is 0 Å². The van der Waals surface area contributed by atoms with Gasteiger partial charge in [-0.2, -0.15) is 0 Å². The standard InChI is InChI=1S/C8H4I2S2/c9-5-1-2-6(11)4-3-7(10)12-8(4)5/h1-3,11H. The summed E-state index contributed by atoms with van der Waals surface area (Å²) in [4.78, 5) is 1.07. The zero-order valence-corrected chi connectivity index (χ0v) is 11.9. The summed E-state index contributed by atoms with van der Waals surface area (Å²) in [5.74, 6) is 0. The fourth-order valence-electron chi connectivity index (χ4n) is 1.05. The maximum atomic E-state index is 4.41. The topological polar surface area (TPSA) is 0 Å². The van der Waals surface area contributed by atoms with Crippen LogP contribution in [0.15, 0.2) is 23.1 Å². The molecule has 0 fully saturated rings. The van der Waals surface area contributed by atoms with Gasteiger partial charge < -0.3 is 0 Å². The van der Waals surface area contributed by atoms with E-state index in [1.165, 1.54) is 16.5 Å². The minimum Gasteiger partial charge on any atom is -0.143 e. The van der Waals surface area contributed by atoms with Crippen LogP contribution in [0.4, 0.5) is 0 Å². The Morgan fingerprint density at radius 2 is 2.00 bits per heavy atom. The molecule has 0 spiro atoms. The molecule has 0 atom stereocenters. The van der Waals surface area contributed by atoms with Gasteiger partial charge in [0.15, 0.2) is 0 Å². The highest BCUT2D eigenvalue weighted by Gasteiger charge is 2.05. The Bertz CT molecular complexity index is 395. The van der Waals surface area contributed by atoms with Gasteiger partial charge in [-0.05, 0) is 63.4 Å². The SMILES string of the molecule is Sc1ccc(I)c2sc(I)cc12. The summed E-state index contributed by atoms with van der Waals surface area (Å²) < 4.78 is 3.99. The molecule has 0 aliphatic rings. The van der Waals surface area contributed by atoms with Crippen molar-refractivity contribution in [3.05, 3.63) is 24.7 Å². The van der Waals surface area contributed by atoms with Crippen molar-refractivity contribution in [2.24, 2.45) is 0 Å². The molecule has 4 heteroatoms. The summed E-state index contributed by atoms with van der Waals surface area (Å²) in [6.07, 6.45) is 0. The molecule has 0 N–H and O–H groups in total. The van der Waals surface area contributed by atoms with E-state index < -0.39 is 0 Å². The van der Waals surface area contributed by atoms with Gasteiger partial charge in [-0.25, -0.2) is 0 Å². The fraction of sp³-hybridized carbons (Fsp3) is 0. The van der Waals surface area contributed by atoms with Crippen molar-refractivity contribution in [3.63, 3.8) is 0 Å². The Kier molecular flexibility index (Phi) is 2.88. The Morgan fingerprint density at radius 3 is 2.67 bits per heavy atom. The van der Waals surface area contributed by atoms with Gasteiger partial charge in [0.25, 0.3) is 0 Å². The number of rotatable bonds is 0. The lowest BCUT2D eigenvalue weighted by Gasteiger charge is -1.95. The maximum Gasteiger partial charge on any atom is 0.0666 e. The molecular weight excluding hydrogens is 414 g/mol. The van der Waals surface area contributed by atoms with Crippen LogP contribution in [0.25, 0.3) is 10.1 Å². The van der Waals surface area contributed by atoms with Crippen LogP contribution in [-0.4, -0.2) is 0 Å². The van der Waals surface area contributed by atoms with E-state index in [1.54, 1.807) is 0 Å². The lowest BCUT2D eigenvalue weighted by Crippen LogP contribution is -1.71. The van der Waals surface area contributed by atoms with Crippen molar-refractivity contribution in [3.8, 4) is 0 Å². The predicted molar refractivity (Wildman–Crippen MR) is 74.5 cm³/mol. The van der Waals surface area contributed by atoms with Crippen LogP contribution in [-0.2, 0) is 0 Å². The third-order valence-electron chi connectivity index (χ3n) is 1.58. The molecule has 2 aromatic rings. The van der Waals surface area contributed by atoms with Gasteiger partial charge in [0, 0.05) is 18.6 Å². The van der Waals surface area contributed by atoms with Crippen LogP contribution < -0.4 is 0 Å². The molecule has 1 heterocycles. The second kappa shape index (κ2) is 3.62. The zero-order valence-electron chi connectivity index (χ0n) is 5.84. The quantitative estimate of drug-likeness (QED) is 0.476. The molecule has 62 valence electrons. The minimum atomic E-state index is 1.07. The zero-order chi connectivity index (χ0) is 8.72. The number of hydrogen-bond donors (Lipinski definition) is 1. The predicted octanol–water partition coefficient (Wildman–Crippen LogP) is 4.40. The van der Waals surface area contributed by atoms with Gasteiger partial charge in [0.05, 0.1) is 2.88 Å². The van der Waals surface area contributed by atoms with E-state index in [9.17, 15) is 0 Å². The lowest BCUT2D eigenvalue weighted by atomic mass is 10.3. The second-order valence-corrected chi connectivity index (χ2v) is 6.95. The summed E-state index contributed by atoms with van der Waals surface area (Å²) in [7, 11) is 0. The van der Waals surface area contributed by atoms with Crippen molar-refractivity contribution in [1.82, 2.24) is 0 Å². The summed E-state index contributed by atoms with van der Waals surface area (Å²) in [5, 5.41) is 1.28. The molecule has 0 aliphatic carbocycles. The Labute approximate surface area is 107 Å². The highest BCUT2D eigenvalue weighted by atomic mass is 127. The van der Waals surface area contributed by atoms with Gasteiger partial charge in [-0.3, -0.25) is 0 Å². The first-order chi connectivity index (χ1) is 5.68. The second-order valence-electron chi connectivity index (χ2n) is 2.36. The molecule has 12 heavy (non-hydrogen) atoms. The van der Waals surface area contributed by atoms with Gasteiger partial charge in [-0.15, -0.1) is 24.0 Å². The van der Waals surface area contributed by atoms with Gasteiger partial charge in [0.2, 0.25) is 0 Å². The number of benzene rings is 1. The van der Waals surface area contributed by atoms with Crippen molar-refractivity contribution in [2.45, 2.75) is 4.90 Å². The molecule has 0 radical (unpaired) electrons.